The summed E-state index contributed by atoms with van der Waals surface area (Å²) in [7, 11) is 0. The Kier molecular flexibility index (Phi) is 4.02. The van der Waals surface area contributed by atoms with Gasteiger partial charge in [0.15, 0.2) is 0 Å². The fourth-order valence-corrected chi connectivity index (χ4v) is 2.78. The van der Waals surface area contributed by atoms with E-state index in [1.807, 2.05) is 11.8 Å². The maximum Gasteiger partial charge on any atom is 0.311 e. The summed E-state index contributed by atoms with van der Waals surface area (Å²) in [5, 5.41) is 0. The zero-order valence-electron chi connectivity index (χ0n) is 10.5. The van der Waals surface area contributed by atoms with Crippen molar-refractivity contribution in [2.45, 2.75) is 51.5 Å². The van der Waals surface area contributed by atoms with Crippen molar-refractivity contribution >= 4 is 11.9 Å². The molecule has 0 N–H and O–H groups in total. The van der Waals surface area contributed by atoms with E-state index < -0.39 is 0 Å². The molecule has 1 amide bonds. The predicted molar refractivity (Wildman–Crippen MR) is 63.3 cm³/mol. The van der Waals surface area contributed by atoms with Crippen LogP contribution >= 0.6 is 0 Å². The van der Waals surface area contributed by atoms with Crippen molar-refractivity contribution in [3.05, 3.63) is 0 Å². The predicted octanol–water partition coefficient (Wildman–Crippen LogP) is 1.73. The molecule has 4 heteroatoms. The lowest BCUT2D eigenvalue weighted by Gasteiger charge is -2.23. The summed E-state index contributed by atoms with van der Waals surface area (Å²) in [6, 6.07) is 0.381. The Morgan fingerprint density at radius 3 is 2.76 bits per heavy atom. The van der Waals surface area contributed by atoms with Gasteiger partial charge in [0, 0.05) is 19.0 Å². The van der Waals surface area contributed by atoms with Crippen LogP contribution in [0.2, 0.25) is 0 Å². The Morgan fingerprint density at radius 2 is 2.12 bits per heavy atom. The number of nitrogens with zero attached hydrogens (tertiary/aromatic N) is 1. The monoisotopic (exact) mass is 239 g/mol. The smallest absolute Gasteiger partial charge is 0.311 e. The van der Waals surface area contributed by atoms with Crippen LogP contribution in [-0.4, -0.2) is 36.0 Å². The third-order valence-corrected chi connectivity index (χ3v) is 3.71. The Morgan fingerprint density at radius 1 is 1.41 bits per heavy atom. The molecule has 1 saturated carbocycles. The van der Waals surface area contributed by atoms with Crippen LogP contribution in [0.3, 0.4) is 0 Å². The first-order chi connectivity index (χ1) is 8.22. The van der Waals surface area contributed by atoms with Gasteiger partial charge in [-0.3, -0.25) is 9.59 Å². The van der Waals surface area contributed by atoms with Gasteiger partial charge in [0.25, 0.3) is 0 Å². The molecule has 2 aliphatic rings. The van der Waals surface area contributed by atoms with Gasteiger partial charge in [-0.15, -0.1) is 0 Å². The van der Waals surface area contributed by atoms with Crippen molar-refractivity contribution in [3.8, 4) is 0 Å². The Labute approximate surface area is 102 Å². The van der Waals surface area contributed by atoms with Crippen molar-refractivity contribution in [3.63, 3.8) is 0 Å². The molecule has 0 bridgehead atoms. The van der Waals surface area contributed by atoms with Crippen LogP contribution < -0.4 is 0 Å². The topological polar surface area (TPSA) is 46.6 Å². The van der Waals surface area contributed by atoms with Gasteiger partial charge < -0.3 is 9.64 Å². The van der Waals surface area contributed by atoms with Crippen LogP contribution in [-0.2, 0) is 14.3 Å². The van der Waals surface area contributed by atoms with Crippen LogP contribution in [0, 0.1) is 5.92 Å². The van der Waals surface area contributed by atoms with Crippen LogP contribution in [0.5, 0.6) is 0 Å². The molecule has 0 radical (unpaired) electrons. The van der Waals surface area contributed by atoms with E-state index in [1.165, 1.54) is 12.8 Å². The molecule has 1 unspecified atom stereocenters. The van der Waals surface area contributed by atoms with E-state index in [1.54, 1.807) is 0 Å². The van der Waals surface area contributed by atoms with Crippen LogP contribution in [0.1, 0.15) is 45.4 Å². The minimum atomic E-state index is -0.227. The Hall–Kier alpha value is -1.06. The molecule has 1 aliphatic heterocycles. The quantitative estimate of drug-likeness (QED) is 0.702. The lowest BCUT2D eigenvalue weighted by Crippen LogP contribution is -2.35. The minimum Gasteiger partial charge on any atom is -0.465 e. The van der Waals surface area contributed by atoms with Crippen LogP contribution in [0.25, 0.3) is 0 Å². The number of rotatable bonds is 4. The second kappa shape index (κ2) is 5.52. The molecule has 17 heavy (non-hydrogen) atoms. The number of ether oxygens (including phenoxy) is 1. The molecule has 2 rings (SSSR count). The van der Waals surface area contributed by atoms with Gasteiger partial charge in [-0.1, -0.05) is 19.8 Å². The molecule has 1 atom stereocenters. The first-order valence-corrected chi connectivity index (χ1v) is 6.68. The van der Waals surface area contributed by atoms with Gasteiger partial charge >= 0.3 is 5.97 Å². The molecule has 1 saturated heterocycles. The van der Waals surface area contributed by atoms with Crippen molar-refractivity contribution in [2.24, 2.45) is 5.92 Å². The number of likely N-dealkylation sites (tertiary alicyclic amines) is 1. The van der Waals surface area contributed by atoms with Crippen LogP contribution in [0.15, 0.2) is 0 Å². The van der Waals surface area contributed by atoms with E-state index in [0.29, 0.717) is 25.6 Å². The summed E-state index contributed by atoms with van der Waals surface area (Å²) < 4.78 is 5.12. The molecule has 1 heterocycles. The van der Waals surface area contributed by atoms with Gasteiger partial charge in [0.1, 0.15) is 0 Å². The Balaban J connectivity index is 1.87. The average molecular weight is 239 g/mol. The Bertz CT molecular complexity index is 297. The highest BCUT2D eigenvalue weighted by Gasteiger charge is 2.39. The fraction of sp³-hybridized carbons (Fsp3) is 0.846. The van der Waals surface area contributed by atoms with Gasteiger partial charge in [0.2, 0.25) is 5.91 Å². The van der Waals surface area contributed by atoms with Crippen molar-refractivity contribution in [2.75, 3.05) is 13.2 Å². The van der Waals surface area contributed by atoms with E-state index >= 15 is 0 Å². The number of esters is 1. The van der Waals surface area contributed by atoms with E-state index in [4.69, 9.17) is 4.74 Å². The first kappa shape index (κ1) is 12.4. The van der Waals surface area contributed by atoms with E-state index in [0.717, 1.165) is 19.3 Å². The van der Waals surface area contributed by atoms with E-state index in [-0.39, 0.29) is 17.8 Å². The summed E-state index contributed by atoms with van der Waals surface area (Å²) in [5.41, 5.74) is 0. The van der Waals surface area contributed by atoms with Crippen LogP contribution in [0.4, 0.5) is 0 Å². The van der Waals surface area contributed by atoms with Crippen molar-refractivity contribution < 1.29 is 14.3 Å². The lowest BCUT2D eigenvalue weighted by molar-refractivity contribution is -0.148. The van der Waals surface area contributed by atoms with E-state index in [9.17, 15) is 9.59 Å². The summed E-state index contributed by atoms with van der Waals surface area (Å²) >= 11 is 0. The molecule has 2 fully saturated rings. The maximum atomic E-state index is 11.9. The van der Waals surface area contributed by atoms with Crippen molar-refractivity contribution in [1.82, 2.24) is 4.90 Å². The standard InChI is InChI=1S/C13H21NO3/c1-2-7-17-13(16)10-8-12(15)14(9-10)11-5-3-4-6-11/h10-11H,2-9H2,1H3. The molecule has 4 nitrogen and oxygen atoms in total. The third-order valence-electron chi connectivity index (χ3n) is 3.71. The second-order valence-electron chi connectivity index (χ2n) is 5.05. The largest absolute Gasteiger partial charge is 0.465 e. The normalized spacial score (nSPS) is 25.6. The molecular formula is C13H21NO3. The second-order valence-corrected chi connectivity index (χ2v) is 5.05. The SMILES string of the molecule is CCCOC(=O)C1CC(=O)N(C2CCCC2)C1. The van der Waals surface area contributed by atoms with Crippen molar-refractivity contribution in [1.29, 1.82) is 0 Å². The molecule has 0 spiro atoms. The zero-order chi connectivity index (χ0) is 12.3. The lowest BCUT2D eigenvalue weighted by atomic mass is 10.1. The van der Waals surface area contributed by atoms with E-state index in [2.05, 4.69) is 0 Å². The highest BCUT2D eigenvalue weighted by Crippen LogP contribution is 2.29. The van der Waals surface area contributed by atoms with Gasteiger partial charge in [-0.25, -0.2) is 0 Å². The molecule has 0 aromatic heterocycles. The number of hydrogen-bond donors (Lipinski definition) is 0. The number of hydrogen-bond acceptors (Lipinski definition) is 3. The van der Waals surface area contributed by atoms with Gasteiger partial charge in [-0.2, -0.15) is 0 Å². The molecule has 0 aromatic rings. The molecule has 1 aliphatic carbocycles. The highest BCUT2D eigenvalue weighted by atomic mass is 16.5. The summed E-state index contributed by atoms with van der Waals surface area (Å²) in [6.45, 7) is 3.01. The third kappa shape index (κ3) is 2.79. The van der Waals surface area contributed by atoms with Gasteiger partial charge in [-0.05, 0) is 19.3 Å². The summed E-state index contributed by atoms with van der Waals surface area (Å²) in [4.78, 5) is 25.5. The first-order valence-electron chi connectivity index (χ1n) is 6.68. The van der Waals surface area contributed by atoms with Gasteiger partial charge in [0.05, 0.1) is 12.5 Å². The number of carbonyl (C=O) groups excluding carboxylic acids is 2. The summed E-state index contributed by atoms with van der Waals surface area (Å²) in [6.07, 6.45) is 5.79. The average Bonchev–Trinajstić information content (AvgIpc) is 2.94. The molecular weight excluding hydrogens is 218 g/mol. The molecule has 96 valence electrons. The number of carbonyl (C=O) groups is 2. The molecule has 0 aromatic carbocycles. The summed E-state index contributed by atoms with van der Waals surface area (Å²) in [5.74, 6) is -0.286. The maximum absolute atomic E-state index is 11.9. The number of amides is 1. The minimum absolute atomic E-state index is 0.135. The highest BCUT2D eigenvalue weighted by molar-refractivity contribution is 5.87. The zero-order valence-corrected chi connectivity index (χ0v) is 10.5. The fourth-order valence-electron chi connectivity index (χ4n) is 2.78.